The summed E-state index contributed by atoms with van der Waals surface area (Å²) in [6.07, 6.45) is 0.908. The van der Waals surface area contributed by atoms with E-state index in [1.807, 2.05) is 37.3 Å². The number of benzene rings is 1. The molecule has 0 saturated heterocycles. The van der Waals surface area contributed by atoms with Crippen LogP contribution in [0.4, 0.5) is 0 Å². The van der Waals surface area contributed by atoms with E-state index in [1.54, 1.807) is 0 Å². The maximum Gasteiger partial charge on any atom is 0.420 e. The smallest absolute Gasteiger partial charge is 0.420 e. The van der Waals surface area contributed by atoms with Crippen LogP contribution in [0.5, 0.6) is 0 Å². The first-order chi connectivity index (χ1) is 9.19. The minimum Gasteiger partial charge on any atom is -0.452 e. The van der Waals surface area contributed by atoms with Crippen molar-refractivity contribution in [2.75, 3.05) is 0 Å². The Bertz CT molecular complexity index is 453. The second kappa shape index (κ2) is 8.19. The molecule has 1 aromatic rings. The van der Waals surface area contributed by atoms with Gasteiger partial charge in [-0.3, -0.25) is 0 Å². The minimum absolute atomic E-state index is 0.0825. The van der Waals surface area contributed by atoms with Gasteiger partial charge in [0.15, 0.2) is 6.10 Å². The highest BCUT2D eigenvalue weighted by molar-refractivity contribution is 6.35. The largest absolute Gasteiger partial charge is 0.452 e. The Morgan fingerprint density at radius 2 is 2.11 bits per heavy atom. The van der Waals surface area contributed by atoms with Crippen LogP contribution in [0.25, 0.3) is 5.53 Å². The van der Waals surface area contributed by atoms with Crippen LogP contribution in [-0.4, -0.2) is 27.7 Å². The molecule has 0 bridgehead atoms. The third-order valence-corrected chi connectivity index (χ3v) is 2.68. The first-order valence-corrected chi connectivity index (χ1v) is 6.30. The summed E-state index contributed by atoms with van der Waals surface area (Å²) >= 11 is 0. The normalized spacial score (nSPS) is 11.5. The van der Waals surface area contributed by atoms with Gasteiger partial charge in [0, 0.05) is 0 Å². The summed E-state index contributed by atoms with van der Waals surface area (Å²) in [6, 6.07) is 9.16. The fraction of sp³-hybridized carbons (Fsp3) is 0.429. The van der Waals surface area contributed by atoms with Crippen molar-refractivity contribution in [2.45, 2.75) is 38.9 Å². The van der Waals surface area contributed by atoms with E-state index in [-0.39, 0.29) is 12.3 Å². The van der Waals surface area contributed by atoms with Gasteiger partial charge in [0.25, 0.3) is 0 Å². The van der Waals surface area contributed by atoms with E-state index in [9.17, 15) is 9.90 Å². The summed E-state index contributed by atoms with van der Waals surface area (Å²) in [4.78, 5) is 14.5. The van der Waals surface area contributed by atoms with Crippen molar-refractivity contribution in [3.05, 3.63) is 41.4 Å². The van der Waals surface area contributed by atoms with Crippen LogP contribution in [0.2, 0.25) is 0 Å². The van der Waals surface area contributed by atoms with E-state index in [0.717, 1.165) is 18.4 Å². The molecule has 1 atom stereocenters. The van der Waals surface area contributed by atoms with Crippen molar-refractivity contribution in [1.82, 2.24) is 0 Å². The lowest BCUT2D eigenvalue weighted by Crippen LogP contribution is -2.31. The highest BCUT2D eigenvalue weighted by Crippen LogP contribution is 2.05. The molecule has 1 aromatic carbocycles. The Hall–Kier alpha value is -1.97. The molecule has 0 heterocycles. The predicted molar refractivity (Wildman–Crippen MR) is 70.4 cm³/mol. The molecule has 19 heavy (non-hydrogen) atoms. The number of carbonyl (C=O) groups is 1. The number of aliphatic hydroxyl groups is 1. The van der Waals surface area contributed by atoms with Crippen LogP contribution < -0.4 is 0 Å². The van der Waals surface area contributed by atoms with Crippen LogP contribution in [0.1, 0.15) is 31.7 Å². The summed E-state index contributed by atoms with van der Waals surface area (Å²) in [6.45, 7) is 2.05. The number of hydrogen-bond donors (Lipinski definition) is 1. The molecule has 0 saturated carbocycles. The van der Waals surface area contributed by atoms with Crippen molar-refractivity contribution in [2.24, 2.45) is 0 Å². The second-order valence-corrected chi connectivity index (χ2v) is 4.20. The maximum absolute atomic E-state index is 11.7. The molecular weight excluding hydrogens is 244 g/mol. The molecule has 1 unspecified atom stereocenters. The molecule has 0 aliphatic rings. The zero-order valence-corrected chi connectivity index (χ0v) is 11.0. The topological polar surface area (TPSA) is 82.9 Å². The van der Waals surface area contributed by atoms with Gasteiger partial charge >= 0.3 is 11.7 Å². The van der Waals surface area contributed by atoms with Gasteiger partial charge in [-0.25, -0.2) is 4.79 Å². The van der Waals surface area contributed by atoms with Gasteiger partial charge in [-0.05, 0) is 12.0 Å². The van der Waals surface area contributed by atoms with Crippen molar-refractivity contribution in [1.29, 1.82) is 0 Å². The van der Waals surface area contributed by atoms with E-state index in [0.29, 0.717) is 6.42 Å². The van der Waals surface area contributed by atoms with Crippen molar-refractivity contribution in [3.63, 3.8) is 0 Å². The minimum atomic E-state index is -1.09. The van der Waals surface area contributed by atoms with Gasteiger partial charge in [0.1, 0.15) is 6.61 Å². The van der Waals surface area contributed by atoms with Gasteiger partial charge in [0.2, 0.25) is 0 Å². The summed E-state index contributed by atoms with van der Waals surface area (Å²) in [5.74, 6) is -0.796. The highest BCUT2D eigenvalue weighted by atomic mass is 16.5. The fourth-order valence-corrected chi connectivity index (χ4v) is 1.57. The Kier molecular flexibility index (Phi) is 6.50. The van der Waals surface area contributed by atoms with Crippen LogP contribution in [0.3, 0.4) is 0 Å². The predicted octanol–water partition coefficient (Wildman–Crippen LogP) is 1.95. The number of rotatable bonds is 7. The molecule has 0 aliphatic carbocycles. The monoisotopic (exact) mass is 262 g/mol. The SMILES string of the molecule is CCCCC(O)C(=[N+]=[N-])C(=O)OCc1ccccc1. The molecule has 0 spiro atoms. The van der Waals surface area contributed by atoms with Gasteiger partial charge in [0.05, 0.1) is 0 Å². The maximum atomic E-state index is 11.7. The second-order valence-electron chi connectivity index (χ2n) is 4.20. The quantitative estimate of drug-likeness (QED) is 0.353. The van der Waals surface area contributed by atoms with Crippen molar-refractivity contribution in [3.8, 4) is 0 Å². The first kappa shape index (κ1) is 15.1. The summed E-state index contributed by atoms with van der Waals surface area (Å²) in [5.41, 5.74) is 9.28. The molecule has 0 aromatic heterocycles. The Morgan fingerprint density at radius 3 is 2.68 bits per heavy atom. The third kappa shape index (κ3) is 5.04. The van der Waals surface area contributed by atoms with E-state index in [4.69, 9.17) is 10.3 Å². The number of ether oxygens (including phenoxy) is 1. The Labute approximate surface area is 112 Å². The number of hydrogen-bond acceptors (Lipinski definition) is 3. The molecule has 0 aliphatic heterocycles. The number of esters is 1. The summed E-state index contributed by atoms with van der Waals surface area (Å²) in [5, 5.41) is 9.72. The Balaban J connectivity index is 2.53. The highest BCUT2D eigenvalue weighted by Gasteiger charge is 2.30. The van der Waals surface area contributed by atoms with Crippen LogP contribution in [0, 0.1) is 0 Å². The van der Waals surface area contributed by atoms with E-state index in [1.165, 1.54) is 0 Å². The summed E-state index contributed by atoms with van der Waals surface area (Å²) in [7, 11) is 0. The van der Waals surface area contributed by atoms with Gasteiger partial charge in [-0.1, -0.05) is 50.1 Å². The van der Waals surface area contributed by atoms with Crippen molar-refractivity contribution >= 4 is 11.7 Å². The molecule has 0 radical (unpaired) electrons. The molecule has 5 heteroatoms. The van der Waals surface area contributed by atoms with Gasteiger partial charge < -0.3 is 15.4 Å². The summed E-state index contributed by atoms with van der Waals surface area (Å²) < 4.78 is 4.99. The standard InChI is InChI=1S/C14H18N2O3/c1-2-3-9-12(17)13(16-15)14(18)19-10-11-7-5-4-6-8-11/h4-8,12,17H,2-3,9-10H2,1H3. The number of unbranched alkanes of at least 4 members (excludes halogenated alkanes) is 1. The zero-order chi connectivity index (χ0) is 14.1. The lowest BCUT2D eigenvalue weighted by molar-refractivity contribution is -0.143. The van der Waals surface area contributed by atoms with E-state index in [2.05, 4.69) is 4.79 Å². The van der Waals surface area contributed by atoms with Crippen molar-refractivity contribution < 1.29 is 19.4 Å². The van der Waals surface area contributed by atoms with E-state index >= 15 is 0 Å². The molecule has 1 N–H and O–H groups in total. The first-order valence-electron chi connectivity index (χ1n) is 6.30. The Morgan fingerprint density at radius 1 is 1.42 bits per heavy atom. The molecule has 5 nitrogen and oxygen atoms in total. The van der Waals surface area contributed by atoms with Gasteiger partial charge in [-0.15, -0.1) is 0 Å². The molecule has 0 fully saturated rings. The fourth-order valence-electron chi connectivity index (χ4n) is 1.57. The van der Waals surface area contributed by atoms with Gasteiger partial charge in [-0.2, -0.15) is 4.79 Å². The molecule has 1 rings (SSSR count). The number of nitrogens with zero attached hydrogens (tertiary/aromatic N) is 2. The lowest BCUT2D eigenvalue weighted by Gasteiger charge is -2.06. The molecule has 102 valence electrons. The van der Waals surface area contributed by atoms with Crippen LogP contribution in [0.15, 0.2) is 30.3 Å². The average Bonchev–Trinajstić information content (AvgIpc) is 2.44. The average molecular weight is 262 g/mol. The van der Waals surface area contributed by atoms with Crippen LogP contribution in [-0.2, 0) is 16.1 Å². The number of aliphatic hydroxyl groups excluding tert-OH is 1. The molecule has 0 amide bonds. The van der Waals surface area contributed by atoms with E-state index < -0.39 is 12.1 Å². The zero-order valence-electron chi connectivity index (χ0n) is 11.0. The molecular formula is C14H18N2O3. The third-order valence-electron chi connectivity index (χ3n) is 2.68. The van der Waals surface area contributed by atoms with Crippen LogP contribution >= 0.6 is 0 Å². The lowest BCUT2D eigenvalue weighted by atomic mass is 10.1. The number of carbonyl (C=O) groups excluding carboxylic acids is 1.